The third-order valence-corrected chi connectivity index (χ3v) is 3.26. The van der Waals surface area contributed by atoms with Crippen molar-refractivity contribution < 1.29 is 4.74 Å². The highest BCUT2D eigenvalue weighted by atomic mass is 35.5. The van der Waals surface area contributed by atoms with E-state index in [1.54, 1.807) is 0 Å². The van der Waals surface area contributed by atoms with Crippen LogP contribution in [-0.4, -0.2) is 32.3 Å². The molecule has 2 aliphatic heterocycles. The van der Waals surface area contributed by atoms with Gasteiger partial charge in [0.15, 0.2) is 0 Å². The molecule has 1 aromatic carbocycles. The predicted octanol–water partition coefficient (Wildman–Crippen LogP) is 1.51. The monoisotopic (exact) mass is 224 g/mol. The molecule has 15 heavy (non-hydrogen) atoms. The highest BCUT2D eigenvalue weighted by Gasteiger charge is 2.28. The van der Waals surface area contributed by atoms with Crippen LogP contribution in [0.2, 0.25) is 5.02 Å². The van der Waals surface area contributed by atoms with Crippen LogP contribution < -0.4 is 15.0 Å². The van der Waals surface area contributed by atoms with Gasteiger partial charge in [-0.1, -0.05) is 11.6 Å². The SMILES string of the molecule is Clc1ccc2c(c1)OCCN2C1CNC1. The van der Waals surface area contributed by atoms with Gasteiger partial charge in [-0.3, -0.25) is 0 Å². The van der Waals surface area contributed by atoms with E-state index < -0.39 is 0 Å². The van der Waals surface area contributed by atoms with E-state index in [0.717, 1.165) is 37.0 Å². The van der Waals surface area contributed by atoms with Gasteiger partial charge < -0.3 is 15.0 Å². The van der Waals surface area contributed by atoms with Crippen LogP contribution in [0, 0.1) is 0 Å². The second-order valence-electron chi connectivity index (χ2n) is 3.97. The zero-order valence-corrected chi connectivity index (χ0v) is 9.13. The first-order valence-electron chi connectivity index (χ1n) is 5.24. The van der Waals surface area contributed by atoms with E-state index in [-0.39, 0.29) is 0 Å². The molecule has 0 atom stereocenters. The summed E-state index contributed by atoms with van der Waals surface area (Å²) in [6.45, 7) is 3.87. The molecule has 0 unspecified atom stereocenters. The average Bonchev–Trinajstić information content (AvgIpc) is 2.15. The Morgan fingerprint density at radius 2 is 2.27 bits per heavy atom. The molecule has 1 fully saturated rings. The van der Waals surface area contributed by atoms with E-state index in [0.29, 0.717) is 6.04 Å². The fourth-order valence-corrected chi connectivity index (χ4v) is 2.25. The van der Waals surface area contributed by atoms with Crippen LogP contribution in [0.4, 0.5) is 5.69 Å². The average molecular weight is 225 g/mol. The van der Waals surface area contributed by atoms with Crippen molar-refractivity contribution in [1.29, 1.82) is 0 Å². The maximum Gasteiger partial charge on any atom is 0.144 e. The zero-order chi connectivity index (χ0) is 10.3. The van der Waals surface area contributed by atoms with Gasteiger partial charge in [0.25, 0.3) is 0 Å². The van der Waals surface area contributed by atoms with Gasteiger partial charge in [-0.05, 0) is 12.1 Å². The van der Waals surface area contributed by atoms with Gasteiger partial charge in [0, 0.05) is 24.2 Å². The summed E-state index contributed by atoms with van der Waals surface area (Å²) in [7, 11) is 0. The molecule has 3 nitrogen and oxygen atoms in total. The molecule has 0 aliphatic carbocycles. The summed E-state index contributed by atoms with van der Waals surface area (Å²) < 4.78 is 5.61. The second kappa shape index (κ2) is 3.58. The number of hydrogen-bond donors (Lipinski definition) is 1. The summed E-state index contributed by atoms with van der Waals surface area (Å²) in [5.41, 5.74) is 1.18. The number of hydrogen-bond acceptors (Lipinski definition) is 3. The number of nitrogens with one attached hydrogen (secondary N) is 1. The Morgan fingerprint density at radius 1 is 1.40 bits per heavy atom. The fourth-order valence-electron chi connectivity index (χ4n) is 2.09. The molecule has 0 saturated carbocycles. The lowest BCUT2D eigenvalue weighted by molar-refractivity contribution is 0.286. The summed E-state index contributed by atoms with van der Waals surface area (Å²) in [4.78, 5) is 2.41. The van der Waals surface area contributed by atoms with E-state index in [4.69, 9.17) is 16.3 Å². The van der Waals surface area contributed by atoms with E-state index in [1.165, 1.54) is 5.69 Å². The highest BCUT2D eigenvalue weighted by molar-refractivity contribution is 6.30. The molecule has 2 heterocycles. The standard InChI is InChI=1S/C11H13ClN2O/c12-8-1-2-10-11(5-8)15-4-3-14(10)9-6-13-7-9/h1-2,5,9,13H,3-4,6-7H2. The molecule has 0 aromatic heterocycles. The maximum absolute atomic E-state index is 5.94. The zero-order valence-electron chi connectivity index (χ0n) is 8.37. The molecular formula is C11H13ClN2O. The summed E-state index contributed by atoms with van der Waals surface area (Å²) in [5.74, 6) is 0.917. The van der Waals surface area contributed by atoms with Crippen LogP contribution in [0.15, 0.2) is 18.2 Å². The van der Waals surface area contributed by atoms with Crippen LogP contribution in [-0.2, 0) is 0 Å². The number of fused-ring (bicyclic) bond motifs is 1. The lowest BCUT2D eigenvalue weighted by atomic mass is 10.1. The fraction of sp³-hybridized carbons (Fsp3) is 0.455. The minimum Gasteiger partial charge on any atom is -0.490 e. The van der Waals surface area contributed by atoms with Crippen molar-refractivity contribution in [2.24, 2.45) is 0 Å². The topological polar surface area (TPSA) is 24.5 Å². The van der Waals surface area contributed by atoms with Crippen LogP contribution in [0.1, 0.15) is 0 Å². The van der Waals surface area contributed by atoms with Crippen molar-refractivity contribution in [3.8, 4) is 5.75 Å². The summed E-state index contributed by atoms with van der Waals surface area (Å²) in [5, 5.41) is 4.03. The number of nitrogens with zero attached hydrogens (tertiary/aromatic N) is 1. The number of ether oxygens (including phenoxy) is 1. The van der Waals surface area contributed by atoms with Gasteiger partial charge in [0.1, 0.15) is 12.4 Å². The van der Waals surface area contributed by atoms with Crippen molar-refractivity contribution in [2.45, 2.75) is 6.04 Å². The number of anilines is 1. The van der Waals surface area contributed by atoms with E-state index in [2.05, 4.69) is 16.3 Å². The van der Waals surface area contributed by atoms with Crippen molar-refractivity contribution in [1.82, 2.24) is 5.32 Å². The largest absolute Gasteiger partial charge is 0.490 e. The quantitative estimate of drug-likeness (QED) is 0.783. The molecule has 1 saturated heterocycles. The third-order valence-electron chi connectivity index (χ3n) is 3.02. The lowest BCUT2D eigenvalue weighted by Gasteiger charge is -2.42. The van der Waals surface area contributed by atoms with Crippen LogP contribution in [0.3, 0.4) is 0 Å². The van der Waals surface area contributed by atoms with E-state index in [1.807, 2.05) is 12.1 Å². The van der Waals surface area contributed by atoms with Crippen molar-refractivity contribution >= 4 is 17.3 Å². The Hall–Kier alpha value is -0.930. The first kappa shape index (κ1) is 9.31. The second-order valence-corrected chi connectivity index (χ2v) is 4.40. The first-order chi connectivity index (χ1) is 7.34. The molecule has 0 spiro atoms. The summed E-state index contributed by atoms with van der Waals surface area (Å²) in [6, 6.07) is 6.49. The first-order valence-corrected chi connectivity index (χ1v) is 5.62. The molecule has 1 N–H and O–H groups in total. The highest BCUT2D eigenvalue weighted by Crippen LogP contribution is 2.35. The Kier molecular flexibility index (Phi) is 2.22. The molecule has 0 amide bonds. The van der Waals surface area contributed by atoms with Gasteiger partial charge in [0.05, 0.1) is 18.3 Å². The van der Waals surface area contributed by atoms with Crippen LogP contribution in [0.25, 0.3) is 0 Å². The van der Waals surface area contributed by atoms with Gasteiger partial charge in [-0.2, -0.15) is 0 Å². The Labute approximate surface area is 94.0 Å². The predicted molar refractivity (Wildman–Crippen MR) is 61.0 cm³/mol. The summed E-state index contributed by atoms with van der Waals surface area (Å²) >= 11 is 5.94. The molecule has 0 radical (unpaired) electrons. The molecule has 0 bridgehead atoms. The molecule has 3 rings (SSSR count). The van der Waals surface area contributed by atoms with Crippen molar-refractivity contribution in [2.75, 3.05) is 31.1 Å². The summed E-state index contributed by atoms with van der Waals surface area (Å²) in [6.07, 6.45) is 0. The van der Waals surface area contributed by atoms with Crippen molar-refractivity contribution in [3.63, 3.8) is 0 Å². The number of halogens is 1. The Bertz CT molecular complexity index is 379. The van der Waals surface area contributed by atoms with E-state index >= 15 is 0 Å². The van der Waals surface area contributed by atoms with Gasteiger partial charge in [-0.15, -0.1) is 0 Å². The molecule has 4 heteroatoms. The minimum absolute atomic E-state index is 0.619. The number of benzene rings is 1. The lowest BCUT2D eigenvalue weighted by Crippen LogP contribution is -2.59. The number of rotatable bonds is 1. The van der Waals surface area contributed by atoms with E-state index in [9.17, 15) is 0 Å². The van der Waals surface area contributed by atoms with Gasteiger partial charge >= 0.3 is 0 Å². The van der Waals surface area contributed by atoms with Gasteiger partial charge in [0.2, 0.25) is 0 Å². The molecule has 1 aromatic rings. The van der Waals surface area contributed by atoms with Crippen molar-refractivity contribution in [3.05, 3.63) is 23.2 Å². The van der Waals surface area contributed by atoms with Gasteiger partial charge in [-0.25, -0.2) is 0 Å². The normalized spacial score (nSPS) is 20.5. The van der Waals surface area contributed by atoms with Crippen LogP contribution >= 0.6 is 11.6 Å². The Balaban J connectivity index is 1.95. The molecule has 2 aliphatic rings. The minimum atomic E-state index is 0.619. The Morgan fingerprint density at radius 3 is 3.00 bits per heavy atom. The smallest absolute Gasteiger partial charge is 0.144 e. The van der Waals surface area contributed by atoms with Crippen LogP contribution in [0.5, 0.6) is 5.75 Å². The molecular weight excluding hydrogens is 212 g/mol. The maximum atomic E-state index is 5.94. The molecule has 80 valence electrons. The third kappa shape index (κ3) is 1.56.